The zero-order valence-electron chi connectivity index (χ0n) is 17.1. The fraction of sp³-hybridized carbons (Fsp3) is 0.250. The highest BCUT2D eigenvalue weighted by Crippen LogP contribution is 2.52. The molecule has 0 unspecified atom stereocenters. The second-order valence-corrected chi connectivity index (χ2v) is 8.27. The maximum atomic E-state index is 13.3. The van der Waals surface area contributed by atoms with Crippen molar-refractivity contribution in [1.82, 2.24) is 4.98 Å². The first kappa shape index (κ1) is 20.2. The lowest BCUT2D eigenvalue weighted by Gasteiger charge is -2.16. The van der Waals surface area contributed by atoms with Crippen molar-refractivity contribution in [2.75, 3.05) is 0 Å². The van der Waals surface area contributed by atoms with Gasteiger partial charge in [0.25, 0.3) is 0 Å². The molecule has 5 rings (SSSR count). The number of hydrogen-bond acceptors (Lipinski definition) is 4. The summed E-state index contributed by atoms with van der Waals surface area (Å²) in [4.78, 5) is 27.1. The Kier molecular flexibility index (Phi) is 4.37. The van der Waals surface area contributed by atoms with Crippen molar-refractivity contribution in [3.63, 3.8) is 0 Å². The maximum Gasteiger partial charge on any atom is 0.586 e. The number of carbonyl (C=O) groups excluding carboxylic acids is 1. The summed E-state index contributed by atoms with van der Waals surface area (Å²) in [5.41, 5.74) is 3.34. The number of halogens is 2. The van der Waals surface area contributed by atoms with E-state index in [2.05, 4.69) is 14.5 Å². The molecule has 2 N–H and O–H groups in total. The normalized spacial score (nSPS) is 17.2. The first-order chi connectivity index (χ1) is 15.2. The van der Waals surface area contributed by atoms with Crippen molar-refractivity contribution < 1.29 is 33.0 Å². The highest BCUT2D eigenvalue weighted by atomic mass is 19.3. The molecule has 1 aliphatic heterocycles. The molecule has 8 heteroatoms. The van der Waals surface area contributed by atoms with E-state index < -0.39 is 17.7 Å². The van der Waals surface area contributed by atoms with E-state index in [4.69, 9.17) is 5.11 Å². The smallest absolute Gasteiger partial charge is 0.477 e. The Bertz CT molecular complexity index is 1260. The highest BCUT2D eigenvalue weighted by molar-refractivity contribution is 5.95. The second-order valence-electron chi connectivity index (χ2n) is 8.27. The van der Waals surface area contributed by atoms with Gasteiger partial charge in [-0.1, -0.05) is 24.3 Å². The molecule has 1 aromatic heterocycles. The molecular weight excluding hydrogens is 420 g/mol. The SMILES string of the molecule is Cc1ccc(CC(=O)C2(c3ccc4c(c3)OC(F)(F)O4)CC2)cc1-c1c[nH]c(C(=O)O)c1. The average molecular weight is 439 g/mol. The van der Waals surface area contributed by atoms with Crippen LogP contribution >= 0.6 is 0 Å². The summed E-state index contributed by atoms with van der Waals surface area (Å²) in [6, 6.07) is 11.7. The number of nitrogens with one attached hydrogen (secondary N) is 1. The molecule has 2 aliphatic rings. The van der Waals surface area contributed by atoms with Crippen molar-refractivity contribution in [3.8, 4) is 22.6 Å². The quantitative estimate of drug-likeness (QED) is 0.573. The van der Waals surface area contributed by atoms with Crippen LogP contribution in [0.15, 0.2) is 48.7 Å². The van der Waals surface area contributed by atoms with Gasteiger partial charge in [-0.15, -0.1) is 8.78 Å². The zero-order chi connectivity index (χ0) is 22.7. The van der Waals surface area contributed by atoms with Gasteiger partial charge in [0.1, 0.15) is 11.5 Å². The minimum Gasteiger partial charge on any atom is -0.477 e. The van der Waals surface area contributed by atoms with Crippen LogP contribution in [-0.2, 0) is 16.6 Å². The molecule has 1 fully saturated rings. The van der Waals surface area contributed by atoms with E-state index in [1.54, 1.807) is 18.3 Å². The van der Waals surface area contributed by atoms with Crippen LogP contribution in [0.25, 0.3) is 11.1 Å². The third-order valence-electron chi connectivity index (χ3n) is 6.13. The van der Waals surface area contributed by atoms with Crippen molar-refractivity contribution in [3.05, 3.63) is 71.0 Å². The molecule has 32 heavy (non-hydrogen) atoms. The number of carboxylic acid groups (broad SMARTS) is 1. The number of aromatic amines is 1. The Morgan fingerprint density at radius 3 is 2.50 bits per heavy atom. The molecule has 1 saturated carbocycles. The molecule has 0 amide bonds. The van der Waals surface area contributed by atoms with Crippen LogP contribution in [0.5, 0.6) is 11.5 Å². The number of Topliss-reactive ketones (excluding diaryl/α,β-unsaturated/α-hetero) is 1. The summed E-state index contributed by atoms with van der Waals surface area (Å²) >= 11 is 0. The number of fused-ring (bicyclic) bond motifs is 1. The van der Waals surface area contributed by atoms with Crippen LogP contribution in [0, 0.1) is 6.92 Å². The number of hydrogen-bond donors (Lipinski definition) is 2. The van der Waals surface area contributed by atoms with Gasteiger partial charge in [-0.05, 0) is 60.2 Å². The lowest BCUT2D eigenvalue weighted by Crippen LogP contribution is -2.26. The van der Waals surface area contributed by atoms with E-state index in [1.807, 2.05) is 25.1 Å². The number of aryl methyl sites for hydroxylation is 1. The molecule has 2 aromatic carbocycles. The fourth-order valence-electron chi connectivity index (χ4n) is 4.22. The summed E-state index contributed by atoms with van der Waals surface area (Å²) in [7, 11) is 0. The Morgan fingerprint density at radius 2 is 1.81 bits per heavy atom. The second kappa shape index (κ2) is 6.91. The van der Waals surface area contributed by atoms with Gasteiger partial charge in [0, 0.05) is 18.2 Å². The predicted molar refractivity (Wildman–Crippen MR) is 110 cm³/mol. The Balaban J connectivity index is 1.39. The number of ether oxygens (including phenoxy) is 2. The molecule has 6 nitrogen and oxygen atoms in total. The van der Waals surface area contributed by atoms with Crippen LogP contribution in [0.2, 0.25) is 0 Å². The van der Waals surface area contributed by atoms with Crippen molar-refractivity contribution in [1.29, 1.82) is 0 Å². The van der Waals surface area contributed by atoms with E-state index in [1.165, 1.54) is 12.1 Å². The molecule has 0 bridgehead atoms. The third kappa shape index (κ3) is 3.41. The van der Waals surface area contributed by atoms with E-state index in [0.717, 1.165) is 22.3 Å². The average Bonchev–Trinajstić information content (AvgIpc) is 3.28. The third-order valence-corrected chi connectivity index (χ3v) is 6.13. The van der Waals surface area contributed by atoms with Crippen LogP contribution in [0.3, 0.4) is 0 Å². The van der Waals surface area contributed by atoms with Crippen LogP contribution in [-0.4, -0.2) is 28.1 Å². The van der Waals surface area contributed by atoms with Crippen molar-refractivity contribution in [2.45, 2.75) is 37.9 Å². The molecule has 0 atom stereocenters. The molecular formula is C24H19F2NO5. The number of aromatic carboxylic acids is 1. The summed E-state index contributed by atoms with van der Waals surface area (Å²) in [6.45, 7) is 1.92. The van der Waals surface area contributed by atoms with Crippen molar-refractivity contribution in [2.24, 2.45) is 0 Å². The highest BCUT2D eigenvalue weighted by Gasteiger charge is 2.52. The minimum absolute atomic E-state index is 0.00165. The molecule has 2 heterocycles. The van der Waals surface area contributed by atoms with Gasteiger partial charge in [-0.3, -0.25) is 4.79 Å². The number of aromatic nitrogens is 1. The zero-order valence-corrected chi connectivity index (χ0v) is 17.1. The largest absolute Gasteiger partial charge is 0.586 e. The summed E-state index contributed by atoms with van der Waals surface area (Å²) in [5, 5.41) is 9.15. The molecule has 164 valence electrons. The van der Waals surface area contributed by atoms with Crippen LogP contribution in [0.1, 0.15) is 40.0 Å². The van der Waals surface area contributed by atoms with Gasteiger partial charge in [0.15, 0.2) is 11.5 Å². The van der Waals surface area contributed by atoms with Crippen LogP contribution < -0.4 is 9.47 Å². The standard InChI is InChI=1S/C24H19F2NO5/c1-13-2-3-14(8-17(13)15-10-18(22(29)30)27-12-15)9-21(28)23(6-7-23)16-4-5-19-20(11-16)32-24(25,26)31-19/h2-5,8,10-12,27H,6-7,9H2,1H3,(H,29,30). The van der Waals surface area contributed by atoms with Gasteiger partial charge in [-0.2, -0.15) is 0 Å². The van der Waals surface area contributed by atoms with E-state index in [-0.39, 0.29) is 29.4 Å². The van der Waals surface area contributed by atoms with E-state index in [0.29, 0.717) is 18.4 Å². The number of alkyl halides is 2. The molecule has 1 aliphatic carbocycles. The fourth-order valence-corrected chi connectivity index (χ4v) is 4.22. The maximum absolute atomic E-state index is 13.3. The van der Waals surface area contributed by atoms with Gasteiger partial charge in [0.05, 0.1) is 5.41 Å². The molecule has 0 spiro atoms. The predicted octanol–water partition coefficient (Wildman–Crippen LogP) is 4.85. The number of rotatable bonds is 6. The van der Waals surface area contributed by atoms with Gasteiger partial charge < -0.3 is 19.6 Å². The molecule has 0 radical (unpaired) electrons. The van der Waals surface area contributed by atoms with Crippen molar-refractivity contribution >= 4 is 11.8 Å². The van der Waals surface area contributed by atoms with Gasteiger partial charge in [0.2, 0.25) is 0 Å². The summed E-state index contributed by atoms with van der Waals surface area (Å²) < 4.78 is 35.7. The Hall–Kier alpha value is -3.68. The van der Waals surface area contributed by atoms with Crippen LogP contribution in [0.4, 0.5) is 8.78 Å². The molecule has 3 aromatic rings. The molecule has 0 saturated heterocycles. The lowest BCUT2D eigenvalue weighted by atomic mass is 9.87. The number of ketones is 1. The first-order valence-corrected chi connectivity index (χ1v) is 10.1. The number of carbonyl (C=O) groups is 2. The number of benzene rings is 2. The Morgan fingerprint density at radius 1 is 1.06 bits per heavy atom. The van der Waals surface area contributed by atoms with E-state index >= 15 is 0 Å². The Labute approximate surface area is 181 Å². The van der Waals surface area contributed by atoms with E-state index in [9.17, 15) is 18.4 Å². The monoisotopic (exact) mass is 439 g/mol. The number of H-pyrrole nitrogens is 1. The number of carboxylic acids is 1. The lowest BCUT2D eigenvalue weighted by molar-refractivity contribution is -0.286. The van der Waals surface area contributed by atoms with Gasteiger partial charge in [-0.25, -0.2) is 4.79 Å². The first-order valence-electron chi connectivity index (χ1n) is 10.1. The van der Waals surface area contributed by atoms with Gasteiger partial charge >= 0.3 is 12.3 Å². The summed E-state index contributed by atoms with van der Waals surface area (Å²) in [6.07, 6.45) is -0.615. The summed E-state index contributed by atoms with van der Waals surface area (Å²) in [5.74, 6) is -1.15. The topological polar surface area (TPSA) is 88.6 Å². The minimum atomic E-state index is -3.70.